The molecule has 6 aromatic rings. The number of aromatic nitrogens is 6. The molecule has 252 valence electrons. The molecule has 6 heterocycles. The first-order valence-electron chi connectivity index (χ1n) is 16.4. The van der Waals surface area contributed by atoms with E-state index in [2.05, 4.69) is 110 Å². The van der Waals surface area contributed by atoms with Gasteiger partial charge < -0.3 is 29.7 Å². The molecule has 9 rings (SSSR count). The lowest BCUT2D eigenvalue weighted by atomic mass is 10.1. The van der Waals surface area contributed by atoms with Crippen LogP contribution in [-0.2, 0) is 38.9 Å². The number of rotatable bonds is 6. The van der Waals surface area contributed by atoms with E-state index in [1.165, 1.54) is 33.8 Å². The molecule has 0 amide bonds. The van der Waals surface area contributed by atoms with Gasteiger partial charge in [0.25, 0.3) is 0 Å². The smallest absolute Gasteiger partial charge is 0.0922 e. The second-order valence-electron chi connectivity index (χ2n) is 12.6. The van der Waals surface area contributed by atoms with Crippen molar-refractivity contribution in [2.75, 3.05) is 27.8 Å². The molecule has 3 N–H and O–H groups in total. The quantitative estimate of drug-likeness (QED) is 0.158. The van der Waals surface area contributed by atoms with E-state index in [0.717, 1.165) is 83.6 Å². The van der Waals surface area contributed by atoms with Crippen LogP contribution in [0.3, 0.4) is 0 Å². The van der Waals surface area contributed by atoms with Crippen molar-refractivity contribution in [1.82, 2.24) is 29.9 Å². The van der Waals surface area contributed by atoms with Gasteiger partial charge in [0, 0.05) is 69.3 Å². The molecule has 0 aliphatic carbocycles. The van der Waals surface area contributed by atoms with Gasteiger partial charge in [0.1, 0.15) is 0 Å². The third kappa shape index (κ3) is 7.98. The summed E-state index contributed by atoms with van der Waals surface area (Å²) in [5.74, 6) is 0. The highest BCUT2D eigenvalue weighted by molar-refractivity contribution is 9.10. The molecule has 0 saturated carbocycles. The standard InChI is InChI=1S/C13H14ClN3.C12H12BrN3.C12H12ClN3/c1-9-4-10-5-11(14)2-3-13(10)17(9)7-12-6-15-8-16-12;2*13-10-1-2-12-9(5-10)3-4-16(12)7-11-6-14-8-15-11/h2-3,5-6,8-9H,4,7H2,1H3,(H,15,16);2*1-2,5-6,8H,3-4,7H2,(H,14,15). The fourth-order valence-electron chi connectivity index (χ4n) is 6.82. The Morgan fingerprint density at radius 2 is 1.14 bits per heavy atom. The summed E-state index contributed by atoms with van der Waals surface area (Å²) in [5.41, 5.74) is 11.5. The van der Waals surface area contributed by atoms with Crippen LogP contribution >= 0.6 is 39.1 Å². The third-order valence-electron chi connectivity index (χ3n) is 9.19. The summed E-state index contributed by atoms with van der Waals surface area (Å²) < 4.78 is 1.16. The van der Waals surface area contributed by atoms with Gasteiger partial charge in [0.05, 0.1) is 55.7 Å². The van der Waals surface area contributed by atoms with Crippen LogP contribution in [0.25, 0.3) is 0 Å². The van der Waals surface area contributed by atoms with E-state index in [0.29, 0.717) is 6.04 Å². The number of imidazole rings is 3. The van der Waals surface area contributed by atoms with E-state index in [9.17, 15) is 0 Å². The number of fused-ring (bicyclic) bond motifs is 3. The molecular weight excluding hydrogens is 721 g/mol. The lowest BCUT2D eigenvalue weighted by molar-refractivity contribution is 0.666. The van der Waals surface area contributed by atoms with Gasteiger partial charge in [-0.25, -0.2) is 15.0 Å². The summed E-state index contributed by atoms with van der Waals surface area (Å²) in [5, 5.41) is 1.64. The van der Waals surface area contributed by atoms with Gasteiger partial charge in [-0.1, -0.05) is 39.1 Å². The summed E-state index contributed by atoms with van der Waals surface area (Å²) in [6.45, 7) is 7.04. The van der Waals surface area contributed by atoms with Gasteiger partial charge in [-0.05, 0) is 97.5 Å². The number of H-pyrrole nitrogens is 3. The van der Waals surface area contributed by atoms with Crippen molar-refractivity contribution in [3.05, 3.63) is 140 Å². The van der Waals surface area contributed by atoms with Crippen molar-refractivity contribution in [2.24, 2.45) is 0 Å². The molecule has 1 atom stereocenters. The van der Waals surface area contributed by atoms with Gasteiger partial charge in [-0.3, -0.25) is 0 Å². The van der Waals surface area contributed by atoms with Crippen LogP contribution < -0.4 is 14.7 Å². The minimum Gasteiger partial charge on any atom is -0.365 e. The van der Waals surface area contributed by atoms with Gasteiger partial charge in [0.2, 0.25) is 0 Å². The minimum atomic E-state index is 0.506. The number of benzene rings is 3. The van der Waals surface area contributed by atoms with Crippen LogP contribution in [-0.4, -0.2) is 49.0 Å². The van der Waals surface area contributed by atoms with E-state index >= 15 is 0 Å². The maximum Gasteiger partial charge on any atom is 0.0922 e. The Morgan fingerprint density at radius 1 is 0.653 bits per heavy atom. The van der Waals surface area contributed by atoms with Crippen molar-refractivity contribution >= 4 is 56.2 Å². The Labute approximate surface area is 304 Å². The van der Waals surface area contributed by atoms with Crippen molar-refractivity contribution < 1.29 is 0 Å². The number of nitrogens with one attached hydrogen (secondary N) is 3. The Balaban J connectivity index is 0.000000116. The zero-order valence-electron chi connectivity index (χ0n) is 27.2. The third-order valence-corrected chi connectivity index (χ3v) is 10.2. The van der Waals surface area contributed by atoms with E-state index in [1.54, 1.807) is 19.0 Å². The highest BCUT2D eigenvalue weighted by Gasteiger charge is 2.26. The fraction of sp³-hybridized carbons (Fsp3) is 0.270. The Morgan fingerprint density at radius 3 is 1.69 bits per heavy atom. The number of hydrogen-bond donors (Lipinski definition) is 3. The van der Waals surface area contributed by atoms with E-state index in [4.69, 9.17) is 23.2 Å². The topological polar surface area (TPSA) is 95.8 Å². The van der Waals surface area contributed by atoms with Crippen LogP contribution in [0.1, 0.15) is 40.7 Å². The van der Waals surface area contributed by atoms with Gasteiger partial charge >= 0.3 is 0 Å². The van der Waals surface area contributed by atoms with E-state index in [1.807, 2.05) is 30.7 Å². The monoisotopic (exact) mass is 757 g/mol. The SMILES string of the molecule is Brc1ccc2c(c1)CCN2Cc1cnc[nH]1.CC1Cc2cc(Cl)ccc2N1Cc1cnc[nH]1.Clc1ccc2c(c1)CCN2Cc1cnc[nH]1. The van der Waals surface area contributed by atoms with Gasteiger partial charge in [-0.2, -0.15) is 0 Å². The molecule has 0 spiro atoms. The Kier molecular flexibility index (Phi) is 10.3. The van der Waals surface area contributed by atoms with Crippen molar-refractivity contribution in [1.29, 1.82) is 0 Å². The normalized spacial score (nSPS) is 15.7. The fourth-order valence-corrected chi connectivity index (χ4v) is 7.62. The average molecular weight is 760 g/mol. The molecule has 0 radical (unpaired) electrons. The highest BCUT2D eigenvalue weighted by atomic mass is 79.9. The van der Waals surface area contributed by atoms with E-state index in [-0.39, 0.29) is 0 Å². The molecule has 0 bridgehead atoms. The predicted molar refractivity (Wildman–Crippen MR) is 202 cm³/mol. The highest BCUT2D eigenvalue weighted by Crippen LogP contribution is 2.35. The number of halogens is 3. The molecule has 0 saturated heterocycles. The van der Waals surface area contributed by atoms with Gasteiger partial charge in [0.15, 0.2) is 0 Å². The zero-order chi connectivity index (χ0) is 33.7. The van der Waals surface area contributed by atoms with Crippen molar-refractivity contribution in [3.8, 4) is 0 Å². The molecule has 3 aliphatic rings. The van der Waals surface area contributed by atoms with Crippen LogP contribution in [0.4, 0.5) is 17.1 Å². The zero-order valence-corrected chi connectivity index (χ0v) is 30.3. The lowest BCUT2D eigenvalue weighted by Gasteiger charge is -2.24. The average Bonchev–Trinajstić information content (AvgIpc) is 3.94. The largest absolute Gasteiger partial charge is 0.365 e. The summed E-state index contributed by atoms with van der Waals surface area (Å²) in [6, 6.07) is 19.2. The summed E-state index contributed by atoms with van der Waals surface area (Å²) in [7, 11) is 0. The minimum absolute atomic E-state index is 0.506. The first-order chi connectivity index (χ1) is 23.9. The number of nitrogens with zero attached hydrogens (tertiary/aromatic N) is 6. The van der Waals surface area contributed by atoms with Crippen LogP contribution in [0.2, 0.25) is 10.0 Å². The first-order valence-corrected chi connectivity index (χ1v) is 18.0. The van der Waals surface area contributed by atoms with Crippen LogP contribution in [0, 0.1) is 0 Å². The lowest BCUT2D eigenvalue weighted by Crippen LogP contribution is -2.28. The molecule has 3 aromatic heterocycles. The number of aromatic amines is 3. The number of hydrogen-bond acceptors (Lipinski definition) is 6. The molecular formula is C37H38BrCl2N9. The molecule has 1 unspecified atom stereocenters. The second kappa shape index (κ2) is 15.1. The molecule has 0 fully saturated rings. The summed E-state index contributed by atoms with van der Waals surface area (Å²) in [4.78, 5) is 28.7. The summed E-state index contributed by atoms with van der Waals surface area (Å²) >= 11 is 15.5. The van der Waals surface area contributed by atoms with Crippen molar-refractivity contribution in [2.45, 2.75) is 51.9 Å². The second-order valence-corrected chi connectivity index (χ2v) is 14.4. The molecule has 3 aliphatic heterocycles. The first kappa shape index (κ1) is 33.3. The maximum absolute atomic E-state index is 6.03. The van der Waals surface area contributed by atoms with E-state index < -0.39 is 0 Å². The Bertz CT molecular complexity index is 1870. The van der Waals surface area contributed by atoms with Crippen LogP contribution in [0.5, 0.6) is 0 Å². The predicted octanol–water partition coefficient (Wildman–Crippen LogP) is 8.38. The molecule has 12 heteroatoms. The van der Waals surface area contributed by atoms with Crippen molar-refractivity contribution in [3.63, 3.8) is 0 Å². The summed E-state index contributed by atoms with van der Waals surface area (Å²) in [6.07, 6.45) is 14.1. The molecule has 9 nitrogen and oxygen atoms in total. The maximum atomic E-state index is 6.03. The van der Waals surface area contributed by atoms with Gasteiger partial charge in [-0.15, -0.1) is 0 Å². The number of anilines is 3. The molecule has 49 heavy (non-hydrogen) atoms. The van der Waals surface area contributed by atoms with Crippen LogP contribution in [0.15, 0.2) is 96.6 Å². The molecule has 3 aromatic carbocycles. The Hall–Kier alpha value is -4.25.